The minimum absolute atomic E-state index is 0.410. The third-order valence-corrected chi connectivity index (χ3v) is 6.23. The van der Waals surface area contributed by atoms with Gasteiger partial charge in [0.1, 0.15) is 0 Å². The second-order valence-corrected chi connectivity index (χ2v) is 8.98. The van der Waals surface area contributed by atoms with Crippen LogP contribution in [0.2, 0.25) is 10.0 Å². The smallest absolute Gasteiger partial charge is 0.470 e. The van der Waals surface area contributed by atoms with Crippen LogP contribution in [0.25, 0.3) is 11.0 Å². The van der Waals surface area contributed by atoms with E-state index in [9.17, 15) is 4.79 Å². The van der Waals surface area contributed by atoms with Gasteiger partial charge in [0.2, 0.25) is 0 Å². The summed E-state index contributed by atoms with van der Waals surface area (Å²) in [5.74, 6) is -0.485. The van der Waals surface area contributed by atoms with Crippen molar-refractivity contribution in [3.63, 3.8) is 0 Å². The Morgan fingerprint density at radius 1 is 0.750 bits per heavy atom. The van der Waals surface area contributed by atoms with E-state index in [2.05, 4.69) is 0 Å². The lowest BCUT2D eigenvalue weighted by Gasteiger charge is -2.36. The average molecular weight is 418 g/mol. The van der Waals surface area contributed by atoms with Gasteiger partial charge < -0.3 is 14.0 Å². The average Bonchev–Trinajstić information content (AvgIpc) is 2.96. The Bertz CT molecular complexity index is 962. The van der Waals surface area contributed by atoms with Crippen LogP contribution >= 0.6 is 23.2 Å². The quantitative estimate of drug-likeness (QED) is 0.601. The maximum absolute atomic E-state index is 13.0. The van der Waals surface area contributed by atoms with Crippen molar-refractivity contribution in [3.05, 3.63) is 69.7 Å². The Hall–Kier alpha value is -1.79. The highest BCUT2D eigenvalue weighted by Crippen LogP contribution is 2.52. The molecule has 0 bridgehead atoms. The lowest BCUT2D eigenvalue weighted by molar-refractivity contribution is -0.130. The minimum atomic E-state index is -2.47. The Morgan fingerprint density at radius 3 is 1.64 bits per heavy atom. The summed E-state index contributed by atoms with van der Waals surface area (Å²) in [6.45, 7) is 5.24. The molecule has 4 rings (SSSR count). The maximum atomic E-state index is 13.0. The fourth-order valence-electron chi connectivity index (χ4n) is 3.66. The Labute approximate surface area is 174 Å². The van der Waals surface area contributed by atoms with E-state index in [-0.39, 0.29) is 0 Å². The highest BCUT2D eigenvalue weighted by Gasteiger charge is 2.60. The first kappa shape index (κ1) is 19.5. The summed E-state index contributed by atoms with van der Waals surface area (Å²) in [4.78, 5) is 13.0. The van der Waals surface area contributed by atoms with Crippen molar-refractivity contribution in [2.75, 3.05) is 0 Å². The molecule has 7 heteroatoms. The molecule has 1 spiro atoms. The van der Waals surface area contributed by atoms with Gasteiger partial charge >= 0.3 is 6.75 Å². The van der Waals surface area contributed by atoms with Crippen LogP contribution in [0.1, 0.15) is 38.8 Å². The zero-order valence-corrected chi connectivity index (χ0v) is 17.6. The van der Waals surface area contributed by atoms with Gasteiger partial charge in [-0.3, -0.25) is 4.79 Å². The number of carbonyl (C=O) groups excluding carboxylic acids is 1. The molecule has 2 aliphatic heterocycles. The van der Waals surface area contributed by atoms with Crippen molar-refractivity contribution in [1.29, 1.82) is 0 Å². The summed E-state index contributed by atoms with van der Waals surface area (Å²) in [6, 6.07) is 14.2. The van der Waals surface area contributed by atoms with Gasteiger partial charge in [-0.15, -0.1) is 0 Å². The molecular weight excluding hydrogens is 398 g/mol. The summed E-state index contributed by atoms with van der Waals surface area (Å²) >= 11 is 12.1. The highest BCUT2D eigenvalue weighted by molar-refractivity contribution is 6.89. The SMILES string of the molecule is CC1(C)O[B-]2(OC(=O)C(c3ccc(Cl)cc3)=C2c2ccc(Cl)cc2)OC1(C)C. The molecule has 0 unspecified atom stereocenters. The maximum Gasteiger partial charge on any atom is 0.470 e. The van der Waals surface area contributed by atoms with Gasteiger partial charge in [0.15, 0.2) is 0 Å². The first-order valence-electron chi connectivity index (χ1n) is 9.08. The molecule has 28 heavy (non-hydrogen) atoms. The molecule has 146 valence electrons. The van der Waals surface area contributed by atoms with Crippen LogP contribution in [-0.2, 0) is 18.8 Å². The highest BCUT2D eigenvalue weighted by atomic mass is 35.5. The fraction of sp³-hybridized carbons (Fsp3) is 0.286. The van der Waals surface area contributed by atoms with Crippen LogP contribution in [0, 0.1) is 0 Å². The molecule has 2 aliphatic rings. The molecular formula is C21H20BCl2O4-. The Balaban J connectivity index is 1.97. The van der Waals surface area contributed by atoms with Crippen molar-refractivity contribution < 1.29 is 18.8 Å². The number of carbonyl (C=O) groups is 1. The second kappa shape index (κ2) is 6.36. The van der Waals surface area contributed by atoms with E-state index in [1.165, 1.54) is 0 Å². The van der Waals surface area contributed by atoms with E-state index in [1.807, 2.05) is 39.8 Å². The normalized spacial score (nSPS) is 22.0. The minimum Gasteiger partial charge on any atom is -0.636 e. The number of hydrogen-bond acceptors (Lipinski definition) is 4. The molecule has 0 aliphatic carbocycles. The first-order valence-corrected chi connectivity index (χ1v) is 9.84. The topological polar surface area (TPSA) is 44.8 Å². The van der Waals surface area contributed by atoms with Crippen LogP contribution in [0.5, 0.6) is 0 Å². The third-order valence-electron chi connectivity index (χ3n) is 5.73. The van der Waals surface area contributed by atoms with E-state index in [0.29, 0.717) is 26.7 Å². The summed E-state index contributed by atoms with van der Waals surface area (Å²) < 4.78 is 18.5. The zero-order chi connectivity index (χ0) is 20.3. The molecule has 2 aromatic carbocycles. The van der Waals surface area contributed by atoms with Gasteiger partial charge in [-0.25, -0.2) is 0 Å². The lowest BCUT2D eigenvalue weighted by atomic mass is 9.64. The zero-order valence-electron chi connectivity index (χ0n) is 16.1. The number of halogens is 2. The molecule has 0 aromatic heterocycles. The summed E-state index contributed by atoms with van der Waals surface area (Å²) in [7, 11) is 0. The third kappa shape index (κ3) is 2.98. The molecule has 0 radical (unpaired) electrons. The van der Waals surface area contributed by atoms with Gasteiger partial charge in [-0.05, 0) is 57.5 Å². The largest absolute Gasteiger partial charge is 0.636 e. The van der Waals surface area contributed by atoms with E-state index < -0.39 is 23.9 Å². The molecule has 0 N–H and O–H groups in total. The standard InChI is InChI=1S/C21H20BCl2O4/c1-20(2)21(3,4)28-22(27-20)18(14-7-11-16(24)12-8-14)17(19(25)26-22)13-5-9-15(23)10-6-13/h5-12H,1-4H3/q-1. The first-order chi connectivity index (χ1) is 13.0. The summed E-state index contributed by atoms with van der Waals surface area (Å²) in [6.07, 6.45) is 0. The Morgan fingerprint density at radius 2 is 1.18 bits per heavy atom. The van der Waals surface area contributed by atoms with Crippen molar-refractivity contribution in [1.82, 2.24) is 0 Å². The number of hydrogen-bond donors (Lipinski definition) is 0. The van der Waals surface area contributed by atoms with Crippen LogP contribution in [0.4, 0.5) is 0 Å². The van der Waals surface area contributed by atoms with Gasteiger partial charge in [0.25, 0.3) is 5.97 Å². The van der Waals surface area contributed by atoms with E-state index in [4.69, 9.17) is 37.2 Å². The molecule has 4 nitrogen and oxygen atoms in total. The van der Waals surface area contributed by atoms with Crippen molar-refractivity contribution in [2.45, 2.75) is 38.9 Å². The van der Waals surface area contributed by atoms with Gasteiger partial charge in [-0.2, -0.15) is 0 Å². The van der Waals surface area contributed by atoms with Gasteiger partial charge in [0.05, 0.1) is 0 Å². The van der Waals surface area contributed by atoms with Gasteiger partial charge in [-0.1, -0.05) is 58.5 Å². The van der Waals surface area contributed by atoms with Crippen molar-refractivity contribution in [3.8, 4) is 0 Å². The van der Waals surface area contributed by atoms with E-state index >= 15 is 0 Å². The summed E-state index contributed by atoms with van der Waals surface area (Å²) in [5.41, 5.74) is 1.11. The van der Waals surface area contributed by atoms with E-state index in [1.54, 1.807) is 36.4 Å². The van der Waals surface area contributed by atoms with Crippen molar-refractivity contribution >= 4 is 47.0 Å². The van der Waals surface area contributed by atoms with Crippen LogP contribution in [0.3, 0.4) is 0 Å². The van der Waals surface area contributed by atoms with Crippen molar-refractivity contribution in [2.24, 2.45) is 0 Å². The van der Waals surface area contributed by atoms with Crippen LogP contribution in [-0.4, -0.2) is 23.9 Å². The monoisotopic (exact) mass is 417 g/mol. The predicted molar refractivity (Wildman–Crippen MR) is 112 cm³/mol. The molecule has 1 fully saturated rings. The van der Waals surface area contributed by atoms with E-state index in [0.717, 1.165) is 5.56 Å². The van der Waals surface area contributed by atoms with Gasteiger partial charge in [0, 0.05) is 26.8 Å². The Kier molecular flexibility index (Phi) is 4.44. The molecule has 2 heterocycles. The number of benzene rings is 2. The van der Waals surface area contributed by atoms with Crippen LogP contribution in [0.15, 0.2) is 48.5 Å². The fourth-order valence-corrected chi connectivity index (χ4v) is 3.91. The lowest BCUT2D eigenvalue weighted by Crippen LogP contribution is -2.42. The molecule has 0 atom stereocenters. The molecule has 0 saturated carbocycles. The molecule has 0 amide bonds. The predicted octanol–water partition coefficient (Wildman–Crippen LogP) is 5.54. The molecule has 1 saturated heterocycles. The summed E-state index contributed by atoms with van der Waals surface area (Å²) in [5, 5.41) is 1.18. The number of rotatable bonds is 2. The molecule has 2 aromatic rings. The second-order valence-electron chi connectivity index (χ2n) is 8.11. The van der Waals surface area contributed by atoms with Crippen LogP contribution < -0.4 is 0 Å².